The van der Waals surface area contributed by atoms with Crippen LogP contribution in [0.5, 0.6) is 0 Å². The molecule has 2 N–H and O–H groups in total. The number of thiazole rings is 1. The second kappa shape index (κ2) is 6.40. The molecule has 0 saturated heterocycles. The minimum Gasteiger partial charge on any atom is -0.359 e. The van der Waals surface area contributed by atoms with Gasteiger partial charge >= 0.3 is 6.03 Å². The van der Waals surface area contributed by atoms with Gasteiger partial charge in [-0.25, -0.2) is 9.78 Å². The van der Waals surface area contributed by atoms with Crippen LogP contribution in [0, 0.1) is 0 Å². The fourth-order valence-corrected chi connectivity index (χ4v) is 2.67. The highest BCUT2D eigenvalue weighted by Gasteiger charge is 2.20. The molecule has 0 spiro atoms. The molecule has 0 aliphatic heterocycles. The number of aromatic nitrogens is 3. The Kier molecular flexibility index (Phi) is 4.30. The SMILES string of the molecule is CC(C)(C)c1cc(NC(=O)Nc2csc(-c3ccncc3)n2)no1. The van der Waals surface area contributed by atoms with Crippen molar-refractivity contribution in [3.63, 3.8) is 0 Å². The summed E-state index contributed by atoms with van der Waals surface area (Å²) in [7, 11) is 0. The van der Waals surface area contributed by atoms with Gasteiger partial charge in [-0.3, -0.25) is 15.6 Å². The van der Waals surface area contributed by atoms with Crippen molar-refractivity contribution in [2.24, 2.45) is 0 Å². The van der Waals surface area contributed by atoms with E-state index in [2.05, 4.69) is 25.8 Å². The summed E-state index contributed by atoms with van der Waals surface area (Å²) in [5, 5.41) is 11.7. The van der Waals surface area contributed by atoms with Crippen molar-refractivity contribution in [1.29, 1.82) is 0 Å². The molecular formula is C16H17N5O2S. The highest BCUT2D eigenvalue weighted by Crippen LogP contribution is 2.26. The first kappa shape index (κ1) is 16.1. The van der Waals surface area contributed by atoms with Crippen molar-refractivity contribution in [1.82, 2.24) is 15.1 Å². The molecule has 0 saturated carbocycles. The highest BCUT2D eigenvalue weighted by molar-refractivity contribution is 7.13. The Morgan fingerprint density at radius 2 is 1.88 bits per heavy atom. The van der Waals surface area contributed by atoms with E-state index in [-0.39, 0.29) is 5.41 Å². The number of nitrogens with one attached hydrogen (secondary N) is 2. The van der Waals surface area contributed by atoms with Crippen LogP contribution in [0.2, 0.25) is 0 Å². The third-order valence-electron chi connectivity index (χ3n) is 3.16. The van der Waals surface area contributed by atoms with Crippen LogP contribution in [0.4, 0.5) is 16.4 Å². The molecule has 3 heterocycles. The molecule has 0 aliphatic rings. The van der Waals surface area contributed by atoms with Gasteiger partial charge < -0.3 is 4.52 Å². The van der Waals surface area contributed by atoms with Crippen molar-refractivity contribution in [3.8, 4) is 10.6 Å². The Bertz CT molecular complexity index is 836. The number of carbonyl (C=O) groups excluding carboxylic acids is 1. The lowest BCUT2D eigenvalue weighted by molar-refractivity contribution is 0.261. The predicted octanol–water partition coefficient (Wildman–Crippen LogP) is 4.13. The van der Waals surface area contributed by atoms with Crippen LogP contribution in [-0.4, -0.2) is 21.2 Å². The average Bonchev–Trinajstić information content (AvgIpc) is 3.17. The lowest BCUT2D eigenvalue weighted by Gasteiger charge is -2.12. The van der Waals surface area contributed by atoms with E-state index >= 15 is 0 Å². The quantitative estimate of drug-likeness (QED) is 0.745. The van der Waals surface area contributed by atoms with Crippen molar-refractivity contribution in [2.45, 2.75) is 26.2 Å². The predicted molar refractivity (Wildman–Crippen MR) is 93.2 cm³/mol. The van der Waals surface area contributed by atoms with Gasteiger partial charge in [0, 0.05) is 34.8 Å². The van der Waals surface area contributed by atoms with Crippen molar-refractivity contribution >= 4 is 29.0 Å². The van der Waals surface area contributed by atoms with E-state index in [0.29, 0.717) is 17.4 Å². The number of urea groups is 1. The topological polar surface area (TPSA) is 92.9 Å². The van der Waals surface area contributed by atoms with Crippen LogP contribution in [0.15, 0.2) is 40.5 Å². The number of carbonyl (C=O) groups is 1. The normalized spacial score (nSPS) is 11.3. The summed E-state index contributed by atoms with van der Waals surface area (Å²) in [6.45, 7) is 6.02. The highest BCUT2D eigenvalue weighted by atomic mass is 32.1. The van der Waals surface area contributed by atoms with E-state index in [9.17, 15) is 4.79 Å². The number of amides is 2. The Morgan fingerprint density at radius 1 is 1.17 bits per heavy atom. The summed E-state index contributed by atoms with van der Waals surface area (Å²) in [5.41, 5.74) is 0.785. The van der Waals surface area contributed by atoms with E-state index in [0.717, 1.165) is 10.6 Å². The lowest BCUT2D eigenvalue weighted by atomic mass is 9.93. The number of rotatable bonds is 3. The summed E-state index contributed by atoms with van der Waals surface area (Å²) in [6.07, 6.45) is 3.40. The first-order valence-corrected chi connectivity index (χ1v) is 8.21. The first-order valence-electron chi connectivity index (χ1n) is 7.33. The molecule has 0 radical (unpaired) electrons. The second-order valence-corrected chi connectivity index (χ2v) is 7.04. The molecule has 0 aliphatic carbocycles. The van der Waals surface area contributed by atoms with Gasteiger partial charge in [-0.15, -0.1) is 11.3 Å². The summed E-state index contributed by atoms with van der Waals surface area (Å²) in [4.78, 5) is 20.4. The van der Waals surface area contributed by atoms with E-state index < -0.39 is 6.03 Å². The minimum absolute atomic E-state index is 0.169. The van der Waals surface area contributed by atoms with Crippen molar-refractivity contribution < 1.29 is 9.32 Å². The Hall–Kier alpha value is -2.74. The zero-order valence-corrected chi connectivity index (χ0v) is 14.3. The average molecular weight is 343 g/mol. The van der Waals surface area contributed by atoms with Gasteiger partial charge in [-0.1, -0.05) is 25.9 Å². The molecule has 0 unspecified atom stereocenters. The van der Waals surface area contributed by atoms with Crippen LogP contribution in [0.1, 0.15) is 26.5 Å². The fourth-order valence-electron chi connectivity index (χ4n) is 1.91. The maximum Gasteiger partial charge on any atom is 0.326 e. The molecule has 0 aromatic carbocycles. The summed E-state index contributed by atoms with van der Waals surface area (Å²) in [6, 6.07) is 5.02. The number of hydrogen-bond acceptors (Lipinski definition) is 6. The molecular weight excluding hydrogens is 326 g/mol. The number of pyridine rings is 1. The van der Waals surface area contributed by atoms with E-state index in [1.807, 2.05) is 32.9 Å². The number of hydrogen-bond donors (Lipinski definition) is 2. The van der Waals surface area contributed by atoms with Crippen molar-refractivity contribution in [2.75, 3.05) is 10.6 Å². The molecule has 2 amide bonds. The summed E-state index contributed by atoms with van der Waals surface area (Å²) in [5.74, 6) is 1.54. The third kappa shape index (κ3) is 3.77. The zero-order chi connectivity index (χ0) is 17.2. The van der Waals surface area contributed by atoms with Gasteiger partial charge in [0.05, 0.1) is 0 Å². The zero-order valence-electron chi connectivity index (χ0n) is 13.5. The van der Waals surface area contributed by atoms with Gasteiger partial charge in [0.15, 0.2) is 5.82 Å². The Morgan fingerprint density at radius 3 is 2.54 bits per heavy atom. The van der Waals surface area contributed by atoms with E-state index in [1.165, 1.54) is 11.3 Å². The molecule has 3 aromatic rings. The van der Waals surface area contributed by atoms with Gasteiger partial charge in [-0.2, -0.15) is 0 Å². The maximum absolute atomic E-state index is 12.0. The molecule has 0 atom stereocenters. The number of anilines is 2. The molecule has 3 rings (SSSR count). The smallest absolute Gasteiger partial charge is 0.326 e. The molecule has 8 heteroatoms. The molecule has 124 valence electrons. The van der Waals surface area contributed by atoms with Crippen LogP contribution in [-0.2, 0) is 5.41 Å². The lowest BCUT2D eigenvalue weighted by Crippen LogP contribution is -2.19. The molecule has 3 aromatic heterocycles. The van der Waals surface area contributed by atoms with Crippen LogP contribution >= 0.6 is 11.3 Å². The summed E-state index contributed by atoms with van der Waals surface area (Å²) >= 11 is 1.44. The molecule has 0 fully saturated rings. The van der Waals surface area contributed by atoms with Gasteiger partial charge in [0.25, 0.3) is 0 Å². The number of nitrogens with zero attached hydrogens (tertiary/aromatic N) is 3. The van der Waals surface area contributed by atoms with E-state index in [4.69, 9.17) is 4.52 Å². The second-order valence-electron chi connectivity index (χ2n) is 6.18. The first-order chi connectivity index (χ1) is 11.4. The van der Waals surface area contributed by atoms with Crippen LogP contribution in [0.25, 0.3) is 10.6 Å². The third-order valence-corrected chi connectivity index (χ3v) is 4.06. The van der Waals surface area contributed by atoms with Crippen molar-refractivity contribution in [3.05, 3.63) is 41.7 Å². The maximum atomic E-state index is 12.0. The van der Waals surface area contributed by atoms with Crippen LogP contribution in [0.3, 0.4) is 0 Å². The summed E-state index contributed by atoms with van der Waals surface area (Å²) < 4.78 is 5.23. The molecule has 0 bridgehead atoms. The largest absolute Gasteiger partial charge is 0.359 e. The monoisotopic (exact) mass is 343 g/mol. The van der Waals surface area contributed by atoms with Crippen LogP contribution < -0.4 is 10.6 Å². The van der Waals surface area contributed by atoms with E-state index in [1.54, 1.807) is 23.8 Å². The molecule has 7 nitrogen and oxygen atoms in total. The standard InChI is InChI=1S/C16H17N5O2S/c1-16(2,3)11-8-12(21-23-11)19-15(22)20-13-9-24-14(18-13)10-4-6-17-7-5-10/h4-9H,1-3H3,(H2,19,20,21,22). The fraction of sp³-hybridized carbons (Fsp3) is 0.250. The Balaban J connectivity index is 1.63. The van der Waals surface area contributed by atoms with Gasteiger partial charge in [0.1, 0.15) is 16.6 Å². The van der Waals surface area contributed by atoms with Gasteiger partial charge in [0.2, 0.25) is 0 Å². The Labute approximate surface area is 143 Å². The van der Waals surface area contributed by atoms with Gasteiger partial charge in [-0.05, 0) is 12.1 Å². The molecule has 24 heavy (non-hydrogen) atoms. The minimum atomic E-state index is -0.421.